The molecule has 0 N–H and O–H groups in total. The summed E-state index contributed by atoms with van der Waals surface area (Å²) in [5.74, 6) is -3.84. The highest BCUT2D eigenvalue weighted by atomic mass is 19.2. The van der Waals surface area contributed by atoms with Gasteiger partial charge in [-0.1, -0.05) is 42.5 Å². The average Bonchev–Trinajstić information content (AvgIpc) is 3.28. The highest BCUT2D eigenvalue weighted by Crippen LogP contribution is 2.47. The second-order valence-corrected chi connectivity index (χ2v) is 7.18. The monoisotopic (exact) mass is 406 g/mol. The van der Waals surface area contributed by atoms with Gasteiger partial charge in [-0.25, -0.2) is 18.7 Å². The molecular weight excluding hydrogens is 390 g/mol. The fraction of sp³-hybridized carbons (Fsp3) is 0.130. The molecule has 3 aromatic rings. The van der Waals surface area contributed by atoms with Crippen LogP contribution in [0.4, 0.5) is 20.2 Å². The zero-order valence-electron chi connectivity index (χ0n) is 15.6. The molecule has 30 heavy (non-hydrogen) atoms. The number of rotatable bonds is 3. The first kappa shape index (κ1) is 18.4. The first-order valence-electron chi connectivity index (χ1n) is 9.45. The highest BCUT2D eigenvalue weighted by molar-refractivity contribution is 6.23. The van der Waals surface area contributed by atoms with Crippen LogP contribution in [0.2, 0.25) is 0 Å². The van der Waals surface area contributed by atoms with Crippen molar-refractivity contribution < 1.29 is 23.2 Å². The molecule has 150 valence electrons. The van der Waals surface area contributed by atoms with Crippen LogP contribution in [0.1, 0.15) is 11.6 Å². The van der Waals surface area contributed by atoms with E-state index in [0.717, 1.165) is 17.0 Å². The number of para-hydroxylation sites is 2. The summed E-state index contributed by atoms with van der Waals surface area (Å²) >= 11 is 0. The Morgan fingerprint density at radius 1 is 0.733 bits per heavy atom. The van der Waals surface area contributed by atoms with Gasteiger partial charge in [0, 0.05) is 0 Å². The van der Waals surface area contributed by atoms with Crippen LogP contribution >= 0.6 is 0 Å². The second-order valence-electron chi connectivity index (χ2n) is 7.18. The van der Waals surface area contributed by atoms with Crippen LogP contribution < -0.4 is 9.96 Å². The van der Waals surface area contributed by atoms with E-state index in [0.29, 0.717) is 16.9 Å². The zero-order valence-corrected chi connectivity index (χ0v) is 15.6. The van der Waals surface area contributed by atoms with E-state index in [4.69, 9.17) is 4.84 Å². The Labute approximate surface area is 171 Å². The van der Waals surface area contributed by atoms with E-state index in [9.17, 15) is 18.4 Å². The van der Waals surface area contributed by atoms with E-state index in [1.165, 1.54) is 11.1 Å². The Kier molecular flexibility index (Phi) is 4.33. The second kappa shape index (κ2) is 7.03. The molecule has 0 bridgehead atoms. The normalized spacial score (nSPS) is 23.2. The lowest BCUT2D eigenvalue weighted by Crippen LogP contribution is -2.37. The molecule has 7 heteroatoms. The number of halogens is 2. The third kappa shape index (κ3) is 2.78. The molecule has 3 aromatic carbocycles. The third-order valence-electron chi connectivity index (χ3n) is 5.43. The molecule has 0 aromatic heterocycles. The van der Waals surface area contributed by atoms with Gasteiger partial charge in [0.1, 0.15) is 5.92 Å². The molecule has 2 fully saturated rings. The Balaban J connectivity index is 1.61. The summed E-state index contributed by atoms with van der Waals surface area (Å²) in [5, 5.41) is 1.44. The van der Waals surface area contributed by atoms with E-state index in [1.807, 2.05) is 6.07 Å². The summed E-state index contributed by atoms with van der Waals surface area (Å²) in [7, 11) is 0. The fourth-order valence-electron chi connectivity index (χ4n) is 4.08. The first-order valence-corrected chi connectivity index (χ1v) is 9.45. The van der Waals surface area contributed by atoms with E-state index in [-0.39, 0.29) is 0 Å². The molecule has 2 heterocycles. The standard InChI is InChI=1S/C23H16F2N2O3/c24-17-12-11-14(13-18(17)25)20-19-21(30-27(20)16-9-5-2-6-10-16)23(29)26(22(19)28)15-7-3-1-4-8-15/h1-13,19-21H. The van der Waals surface area contributed by atoms with E-state index < -0.39 is 41.5 Å². The largest absolute Gasteiger partial charge is 0.273 e. The minimum atomic E-state index is -1.06. The molecule has 5 rings (SSSR count). The van der Waals surface area contributed by atoms with Gasteiger partial charge in [-0.2, -0.15) is 0 Å². The Bertz CT molecular complexity index is 1120. The summed E-state index contributed by atoms with van der Waals surface area (Å²) in [6.07, 6.45) is -1.06. The minimum Gasteiger partial charge on any atom is -0.273 e. The highest BCUT2D eigenvalue weighted by Gasteiger charge is 2.60. The number of imide groups is 1. The molecule has 3 atom stereocenters. The lowest BCUT2D eigenvalue weighted by atomic mass is 9.90. The number of fused-ring (bicyclic) bond motifs is 1. The molecule has 2 amide bonds. The molecule has 0 spiro atoms. The maximum Gasteiger partial charge on any atom is 0.266 e. The smallest absolute Gasteiger partial charge is 0.266 e. The van der Waals surface area contributed by atoms with Crippen LogP contribution in [0, 0.1) is 17.6 Å². The molecule has 5 nitrogen and oxygen atoms in total. The fourth-order valence-corrected chi connectivity index (χ4v) is 4.08. The molecular formula is C23H16F2N2O3. The van der Waals surface area contributed by atoms with Crippen LogP contribution in [-0.2, 0) is 14.4 Å². The van der Waals surface area contributed by atoms with Gasteiger partial charge in [-0.3, -0.25) is 14.4 Å². The number of carbonyl (C=O) groups is 2. The van der Waals surface area contributed by atoms with E-state index in [1.54, 1.807) is 54.6 Å². The maximum atomic E-state index is 14.0. The number of hydrogen-bond donors (Lipinski definition) is 0. The summed E-state index contributed by atoms with van der Waals surface area (Å²) in [5.41, 5.74) is 1.40. The minimum absolute atomic E-state index is 0.348. The van der Waals surface area contributed by atoms with Crippen LogP contribution in [0.5, 0.6) is 0 Å². The van der Waals surface area contributed by atoms with Crippen LogP contribution in [0.15, 0.2) is 78.9 Å². The summed E-state index contributed by atoms with van der Waals surface area (Å²) in [4.78, 5) is 33.5. The van der Waals surface area contributed by atoms with Crippen molar-refractivity contribution in [2.24, 2.45) is 5.92 Å². The predicted molar refractivity (Wildman–Crippen MR) is 105 cm³/mol. The van der Waals surface area contributed by atoms with Crippen molar-refractivity contribution >= 4 is 23.2 Å². The maximum absolute atomic E-state index is 14.0. The number of hydrogen-bond acceptors (Lipinski definition) is 4. The number of carbonyl (C=O) groups excluding carboxylic acids is 2. The van der Waals surface area contributed by atoms with Gasteiger partial charge in [0.05, 0.1) is 17.4 Å². The van der Waals surface area contributed by atoms with Crippen molar-refractivity contribution in [3.8, 4) is 0 Å². The Morgan fingerprint density at radius 3 is 2.00 bits per heavy atom. The van der Waals surface area contributed by atoms with Gasteiger partial charge in [0.2, 0.25) is 5.91 Å². The first-order chi connectivity index (χ1) is 14.6. The Morgan fingerprint density at radius 2 is 1.37 bits per heavy atom. The van der Waals surface area contributed by atoms with Gasteiger partial charge in [-0.05, 0) is 42.0 Å². The molecule has 2 saturated heterocycles. The van der Waals surface area contributed by atoms with Gasteiger partial charge >= 0.3 is 0 Å². The van der Waals surface area contributed by atoms with Crippen molar-refractivity contribution in [2.45, 2.75) is 12.1 Å². The number of benzene rings is 3. The quantitative estimate of drug-likeness (QED) is 0.617. The van der Waals surface area contributed by atoms with E-state index >= 15 is 0 Å². The lowest BCUT2D eigenvalue weighted by Gasteiger charge is -2.28. The summed E-state index contributed by atoms with van der Waals surface area (Å²) in [6.45, 7) is 0. The summed E-state index contributed by atoms with van der Waals surface area (Å²) in [6, 6.07) is 20.2. The molecule has 2 aliphatic rings. The van der Waals surface area contributed by atoms with Crippen molar-refractivity contribution in [1.82, 2.24) is 0 Å². The molecule has 0 saturated carbocycles. The molecule has 0 aliphatic carbocycles. The van der Waals surface area contributed by atoms with Crippen molar-refractivity contribution in [3.05, 3.63) is 96.1 Å². The predicted octanol–water partition coefficient (Wildman–Crippen LogP) is 4.02. The van der Waals surface area contributed by atoms with Gasteiger partial charge in [0.25, 0.3) is 5.91 Å². The summed E-state index contributed by atoms with van der Waals surface area (Å²) < 4.78 is 27.6. The van der Waals surface area contributed by atoms with Crippen molar-refractivity contribution in [3.63, 3.8) is 0 Å². The van der Waals surface area contributed by atoms with E-state index in [2.05, 4.69) is 0 Å². The zero-order chi connectivity index (χ0) is 20.8. The molecule has 0 radical (unpaired) electrons. The van der Waals surface area contributed by atoms with Gasteiger partial charge < -0.3 is 0 Å². The molecule has 3 unspecified atom stereocenters. The number of nitrogens with zero attached hydrogens (tertiary/aromatic N) is 2. The SMILES string of the molecule is O=C1C2ON(c3ccccc3)C(c3ccc(F)c(F)c3)C2C(=O)N1c1ccccc1. The topological polar surface area (TPSA) is 49.9 Å². The van der Waals surface area contributed by atoms with Gasteiger partial charge in [0.15, 0.2) is 17.7 Å². The van der Waals surface area contributed by atoms with Gasteiger partial charge in [-0.15, -0.1) is 0 Å². The number of anilines is 2. The number of hydroxylamine groups is 1. The van der Waals surface area contributed by atoms with Crippen LogP contribution in [-0.4, -0.2) is 17.9 Å². The van der Waals surface area contributed by atoms with Crippen molar-refractivity contribution in [1.29, 1.82) is 0 Å². The van der Waals surface area contributed by atoms with Crippen LogP contribution in [0.25, 0.3) is 0 Å². The average molecular weight is 406 g/mol. The molecule has 2 aliphatic heterocycles. The third-order valence-corrected chi connectivity index (χ3v) is 5.43. The Hall–Kier alpha value is -3.58. The van der Waals surface area contributed by atoms with Crippen LogP contribution in [0.3, 0.4) is 0 Å². The number of amides is 2. The van der Waals surface area contributed by atoms with Crippen molar-refractivity contribution in [2.75, 3.05) is 9.96 Å². The lowest BCUT2D eigenvalue weighted by molar-refractivity contribution is -0.126.